The van der Waals surface area contributed by atoms with Gasteiger partial charge in [0.15, 0.2) is 0 Å². The number of fused-ring (bicyclic) bond motifs is 4. The molecule has 0 aromatic heterocycles. The number of hydrogen-bond donors (Lipinski definition) is 0. The van der Waals surface area contributed by atoms with Crippen molar-refractivity contribution in [2.24, 2.45) is 34.5 Å². The van der Waals surface area contributed by atoms with E-state index in [2.05, 4.69) is 0 Å². The first kappa shape index (κ1) is 4.89. The fourth-order valence-corrected chi connectivity index (χ4v) is 5.45. The van der Waals surface area contributed by atoms with Crippen molar-refractivity contribution in [1.82, 2.24) is 0 Å². The molecule has 0 aliphatic heterocycles. The van der Waals surface area contributed by atoms with Crippen molar-refractivity contribution >= 4 is 0 Å². The summed E-state index contributed by atoms with van der Waals surface area (Å²) < 4.78 is 0. The van der Waals surface area contributed by atoms with Gasteiger partial charge in [0.05, 0.1) is 0 Å². The Morgan fingerprint density at radius 3 is 1.91 bits per heavy atom. The predicted octanol–water partition coefficient (Wildman–Crippen LogP) is 2.44. The quantitative estimate of drug-likeness (QED) is 0.533. The van der Waals surface area contributed by atoms with Gasteiger partial charge in [-0.2, -0.15) is 0 Å². The normalized spacial score (nSPS) is 80.2. The third kappa shape index (κ3) is 0.228. The van der Waals surface area contributed by atoms with E-state index in [0.29, 0.717) is 0 Å². The molecule has 0 bridgehead atoms. The van der Waals surface area contributed by atoms with Crippen molar-refractivity contribution in [1.29, 1.82) is 0 Å². The third-order valence-electron chi connectivity index (χ3n) is 5.97. The predicted molar refractivity (Wildman–Crippen MR) is 41.9 cm³/mol. The maximum atomic E-state index is 1.61. The van der Waals surface area contributed by atoms with Crippen LogP contribution in [0.5, 0.6) is 0 Å². The molecule has 58 valence electrons. The van der Waals surface area contributed by atoms with E-state index < -0.39 is 0 Å². The van der Waals surface area contributed by atoms with Crippen molar-refractivity contribution in [3.8, 4) is 0 Å². The van der Waals surface area contributed by atoms with Crippen molar-refractivity contribution in [3.63, 3.8) is 0 Å². The van der Waals surface area contributed by atoms with Gasteiger partial charge in [0.25, 0.3) is 0 Å². The first-order valence-electron chi connectivity index (χ1n) is 5.47. The van der Waals surface area contributed by atoms with E-state index in [1.54, 1.807) is 32.1 Å². The largest absolute Gasteiger partial charge is 0.0533 e. The van der Waals surface area contributed by atoms with Gasteiger partial charge in [-0.25, -0.2) is 0 Å². The third-order valence-corrected chi connectivity index (χ3v) is 5.97. The average Bonchev–Trinajstić information content (AvgIpc) is 2.75. The zero-order chi connectivity index (χ0) is 6.84. The molecule has 1 spiro atoms. The molecule has 0 saturated heterocycles. The van der Waals surface area contributed by atoms with Crippen molar-refractivity contribution in [2.45, 2.75) is 32.1 Å². The minimum atomic E-state index is 1.08. The second-order valence-electron chi connectivity index (χ2n) is 5.68. The maximum Gasteiger partial charge on any atom is -0.0124 e. The van der Waals surface area contributed by atoms with Crippen LogP contribution in [-0.4, -0.2) is 0 Å². The number of hydrogen-bond acceptors (Lipinski definition) is 0. The van der Waals surface area contributed by atoms with Gasteiger partial charge in [-0.15, -0.1) is 0 Å². The molecule has 5 saturated carbocycles. The standard InChI is InChI=1S/C11H14/c1-2-4-6(5-3-1)10-8-7-9(10)11(7,8)10/h6-9H,1-5H2. The molecular weight excluding hydrogens is 132 g/mol. The van der Waals surface area contributed by atoms with Crippen LogP contribution >= 0.6 is 0 Å². The molecule has 0 aromatic carbocycles. The summed E-state index contributed by atoms with van der Waals surface area (Å²) in [6.07, 6.45) is 7.89. The lowest BCUT2D eigenvalue weighted by Crippen LogP contribution is -2.29. The Kier molecular flexibility index (Phi) is 0.428. The molecule has 5 aliphatic rings. The molecular formula is C11H14. The first-order valence-corrected chi connectivity index (χ1v) is 5.47. The molecule has 5 aliphatic carbocycles. The summed E-state index contributed by atoms with van der Waals surface area (Å²) in [6.45, 7) is 0. The first-order chi connectivity index (χ1) is 5.47. The highest BCUT2D eigenvalue weighted by atomic mass is 15.3. The van der Waals surface area contributed by atoms with Gasteiger partial charge < -0.3 is 0 Å². The summed E-state index contributed by atoms with van der Waals surface area (Å²) >= 11 is 0. The van der Waals surface area contributed by atoms with Crippen molar-refractivity contribution in [3.05, 3.63) is 0 Å². The van der Waals surface area contributed by atoms with Crippen LogP contribution in [0.3, 0.4) is 0 Å². The molecule has 2 atom stereocenters. The van der Waals surface area contributed by atoms with Crippen LogP contribution < -0.4 is 0 Å². The van der Waals surface area contributed by atoms with Crippen LogP contribution in [0.4, 0.5) is 0 Å². The SMILES string of the molecule is C1CCC(C23C4C5C2C543)CC1. The van der Waals surface area contributed by atoms with Gasteiger partial charge >= 0.3 is 0 Å². The molecule has 2 unspecified atom stereocenters. The van der Waals surface area contributed by atoms with E-state index in [0.717, 1.165) is 10.8 Å². The van der Waals surface area contributed by atoms with Gasteiger partial charge in [0, 0.05) is 0 Å². The molecule has 5 fully saturated rings. The molecule has 0 amide bonds. The molecule has 0 radical (unpaired) electrons. The lowest BCUT2D eigenvalue weighted by atomic mass is 9.69. The lowest BCUT2D eigenvalue weighted by molar-refractivity contribution is 0.131. The Bertz CT molecular complexity index is 260. The van der Waals surface area contributed by atoms with Gasteiger partial charge in [0.1, 0.15) is 0 Å². The summed E-state index contributed by atoms with van der Waals surface area (Å²) in [7, 11) is 0. The highest BCUT2D eigenvalue weighted by molar-refractivity contribution is 5.75. The summed E-state index contributed by atoms with van der Waals surface area (Å²) in [5, 5.41) is 0. The molecule has 0 N–H and O–H groups in total. The summed E-state index contributed by atoms with van der Waals surface area (Å²) in [5.41, 5.74) is 2.20. The zero-order valence-corrected chi connectivity index (χ0v) is 6.84. The second kappa shape index (κ2) is 0.963. The smallest absolute Gasteiger partial charge is 0.0124 e. The van der Waals surface area contributed by atoms with E-state index in [4.69, 9.17) is 0 Å². The highest BCUT2D eigenvalue weighted by Crippen LogP contribution is 3.31. The minimum absolute atomic E-state index is 1.08. The Morgan fingerprint density at radius 2 is 1.45 bits per heavy atom. The van der Waals surface area contributed by atoms with Crippen LogP contribution in [0.1, 0.15) is 32.1 Å². The van der Waals surface area contributed by atoms with Crippen LogP contribution in [0.15, 0.2) is 0 Å². The van der Waals surface area contributed by atoms with Gasteiger partial charge in [0.2, 0.25) is 0 Å². The zero-order valence-electron chi connectivity index (χ0n) is 6.84. The van der Waals surface area contributed by atoms with Gasteiger partial charge in [-0.3, -0.25) is 0 Å². The summed E-state index contributed by atoms with van der Waals surface area (Å²) in [6, 6.07) is 0. The van der Waals surface area contributed by atoms with E-state index >= 15 is 0 Å². The second-order valence-corrected chi connectivity index (χ2v) is 5.68. The van der Waals surface area contributed by atoms with E-state index in [1.165, 1.54) is 23.7 Å². The molecule has 0 aromatic rings. The summed E-state index contributed by atoms with van der Waals surface area (Å²) in [5.74, 6) is 5.24. The van der Waals surface area contributed by atoms with E-state index in [-0.39, 0.29) is 0 Å². The number of rotatable bonds is 1. The Morgan fingerprint density at radius 1 is 0.818 bits per heavy atom. The highest BCUT2D eigenvalue weighted by Gasteiger charge is 3.29. The molecule has 0 nitrogen and oxygen atoms in total. The fraction of sp³-hybridized carbons (Fsp3) is 1.00. The topological polar surface area (TPSA) is 0 Å². The maximum absolute atomic E-state index is 1.61. The van der Waals surface area contributed by atoms with Crippen LogP contribution in [-0.2, 0) is 0 Å². The van der Waals surface area contributed by atoms with Crippen LogP contribution in [0.2, 0.25) is 0 Å². The van der Waals surface area contributed by atoms with Gasteiger partial charge in [-0.1, -0.05) is 19.3 Å². The molecule has 0 heterocycles. The van der Waals surface area contributed by atoms with Crippen LogP contribution in [0, 0.1) is 34.5 Å². The fourth-order valence-electron chi connectivity index (χ4n) is 5.45. The average molecular weight is 146 g/mol. The lowest BCUT2D eigenvalue weighted by Gasteiger charge is -2.35. The van der Waals surface area contributed by atoms with Crippen molar-refractivity contribution in [2.75, 3.05) is 0 Å². The Balaban J connectivity index is 1.50. The van der Waals surface area contributed by atoms with E-state index in [9.17, 15) is 0 Å². The molecule has 11 heavy (non-hydrogen) atoms. The van der Waals surface area contributed by atoms with E-state index in [1.807, 2.05) is 0 Å². The minimum Gasteiger partial charge on any atom is -0.0533 e. The molecule has 5 rings (SSSR count). The van der Waals surface area contributed by atoms with Crippen molar-refractivity contribution < 1.29 is 0 Å². The van der Waals surface area contributed by atoms with Crippen LogP contribution in [0.25, 0.3) is 0 Å². The Hall–Kier alpha value is 0. The molecule has 0 heteroatoms. The monoisotopic (exact) mass is 146 g/mol. The van der Waals surface area contributed by atoms with Gasteiger partial charge in [-0.05, 0) is 47.3 Å². The summed E-state index contributed by atoms with van der Waals surface area (Å²) in [4.78, 5) is 0. The Labute approximate surface area is 67.4 Å².